The summed E-state index contributed by atoms with van der Waals surface area (Å²) in [6, 6.07) is 2.34. The van der Waals surface area contributed by atoms with Crippen LogP contribution in [0.2, 0.25) is 0 Å². The maximum absolute atomic E-state index is 13.4. The van der Waals surface area contributed by atoms with E-state index in [0.717, 1.165) is 0 Å². The maximum Gasteiger partial charge on any atom is 0.273 e. The topological polar surface area (TPSA) is 43.1 Å². The van der Waals surface area contributed by atoms with Crippen LogP contribution in [0.3, 0.4) is 0 Å². The largest absolute Gasteiger partial charge is 0.273 e. The summed E-state index contributed by atoms with van der Waals surface area (Å²) < 4.78 is 13.4. The first-order valence-electron chi connectivity index (χ1n) is 5.09. The molecule has 0 aliphatic heterocycles. The molecule has 0 aromatic heterocycles. The number of hydrogen-bond acceptors (Lipinski definition) is 2. The van der Waals surface area contributed by atoms with Gasteiger partial charge in [-0.2, -0.15) is 0 Å². The molecule has 1 rings (SSSR count). The third-order valence-corrected chi connectivity index (χ3v) is 3.72. The second-order valence-electron chi connectivity index (χ2n) is 4.12. The third-order valence-electron chi connectivity index (χ3n) is 2.46. The molecule has 0 amide bonds. The summed E-state index contributed by atoms with van der Waals surface area (Å²) in [5, 5.41) is 10.6. The molecule has 0 fully saturated rings. The Kier molecular flexibility index (Phi) is 4.89. The summed E-state index contributed by atoms with van der Waals surface area (Å²) in [7, 11) is 0. The van der Waals surface area contributed by atoms with E-state index < -0.39 is 10.7 Å². The van der Waals surface area contributed by atoms with Gasteiger partial charge in [0.15, 0.2) is 0 Å². The maximum atomic E-state index is 13.4. The molecule has 1 unspecified atom stereocenters. The van der Waals surface area contributed by atoms with Crippen molar-refractivity contribution in [2.24, 2.45) is 5.92 Å². The predicted molar refractivity (Wildman–Crippen MR) is 68.9 cm³/mol. The minimum Gasteiger partial charge on any atom is -0.258 e. The highest BCUT2D eigenvalue weighted by atomic mass is 79.9. The van der Waals surface area contributed by atoms with E-state index in [4.69, 9.17) is 11.6 Å². The molecule has 0 heterocycles. The van der Waals surface area contributed by atoms with Gasteiger partial charge in [0.2, 0.25) is 0 Å². The summed E-state index contributed by atoms with van der Waals surface area (Å²) in [6.45, 7) is 3.83. The molecule has 6 heteroatoms. The quantitative estimate of drug-likeness (QED) is 0.471. The fourth-order valence-electron chi connectivity index (χ4n) is 1.36. The molecule has 0 saturated carbocycles. The number of nitrogens with zero attached hydrogens (tertiary/aromatic N) is 1. The SMILES string of the molecule is CC(C)C(Cl)Cc1cc(F)c(Br)cc1[N+](=O)[O-]. The molecule has 0 bridgehead atoms. The summed E-state index contributed by atoms with van der Waals surface area (Å²) >= 11 is 8.99. The molecule has 0 aliphatic rings. The van der Waals surface area contributed by atoms with Crippen molar-refractivity contribution in [3.63, 3.8) is 0 Å². The van der Waals surface area contributed by atoms with Crippen LogP contribution in [0.4, 0.5) is 10.1 Å². The van der Waals surface area contributed by atoms with E-state index in [0.29, 0.717) is 5.56 Å². The highest BCUT2D eigenvalue weighted by molar-refractivity contribution is 9.10. The van der Waals surface area contributed by atoms with E-state index in [1.807, 2.05) is 13.8 Å². The lowest BCUT2D eigenvalue weighted by Crippen LogP contribution is -2.12. The van der Waals surface area contributed by atoms with Crippen LogP contribution in [0, 0.1) is 21.8 Å². The average Bonchev–Trinajstić information content (AvgIpc) is 2.22. The van der Waals surface area contributed by atoms with Crippen molar-refractivity contribution < 1.29 is 9.31 Å². The van der Waals surface area contributed by atoms with Gasteiger partial charge in [0.05, 0.1) is 9.40 Å². The normalized spacial score (nSPS) is 12.8. The summed E-state index contributed by atoms with van der Waals surface area (Å²) in [5.41, 5.74) is 0.217. The van der Waals surface area contributed by atoms with Crippen molar-refractivity contribution in [2.75, 3.05) is 0 Å². The zero-order chi connectivity index (χ0) is 13.2. The molecule has 3 nitrogen and oxygen atoms in total. The van der Waals surface area contributed by atoms with E-state index >= 15 is 0 Å². The van der Waals surface area contributed by atoms with Crippen molar-refractivity contribution in [2.45, 2.75) is 25.6 Å². The van der Waals surface area contributed by atoms with E-state index in [1.165, 1.54) is 12.1 Å². The number of benzene rings is 1. The standard InChI is InChI=1S/C11H12BrClFNO2/c1-6(2)9(13)3-7-4-10(14)8(12)5-11(7)15(16)17/h4-6,9H,3H2,1-2H3. The van der Waals surface area contributed by atoms with Crippen molar-refractivity contribution in [1.29, 1.82) is 0 Å². The highest BCUT2D eigenvalue weighted by Crippen LogP contribution is 2.29. The van der Waals surface area contributed by atoms with Crippen LogP contribution in [0.15, 0.2) is 16.6 Å². The number of rotatable bonds is 4. The lowest BCUT2D eigenvalue weighted by atomic mass is 10.0. The summed E-state index contributed by atoms with van der Waals surface area (Å²) in [5.74, 6) is -0.346. The number of hydrogen-bond donors (Lipinski definition) is 0. The van der Waals surface area contributed by atoms with Gasteiger partial charge in [-0.3, -0.25) is 10.1 Å². The van der Waals surface area contributed by atoms with Gasteiger partial charge < -0.3 is 0 Å². The highest BCUT2D eigenvalue weighted by Gasteiger charge is 2.21. The summed E-state index contributed by atoms with van der Waals surface area (Å²) in [4.78, 5) is 10.3. The Labute approximate surface area is 112 Å². The first kappa shape index (κ1) is 14.4. The third kappa shape index (κ3) is 3.64. The molecule has 1 aromatic rings. The van der Waals surface area contributed by atoms with Crippen LogP contribution in [-0.4, -0.2) is 10.3 Å². The van der Waals surface area contributed by atoms with Crippen LogP contribution >= 0.6 is 27.5 Å². The van der Waals surface area contributed by atoms with Gasteiger partial charge in [0.1, 0.15) is 5.82 Å². The van der Waals surface area contributed by atoms with Crippen LogP contribution in [0.5, 0.6) is 0 Å². The molecular formula is C11H12BrClFNO2. The first-order chi connectivity index (χ1) is 7.82. The van der Waals surface area contributed by atoms with Crippen LogP contribution in [0.1, 0.15) is 19.4 Å². The van der Waals surface area contributed by atoms with Crippen molar-refractivity contribution in [1.82, 2.24) is 0 Å². The summed E-state index contributed by atoms with van der Waals surface area (Å²) in [6.07, 6.45) is 0.278. The zero-order valence-corrected chi connectivity index (χ0v) is 11.8. The molecule has 94 valence electrons. The minimum absolute atomic E-state index is 0.0867. The fraction of sp³-hybridized carbons (Fsp3) is 0.455. The Hall–Kier alpha value is -0.680. The average molecular weight is 325 g/mol. The Morgan fingerprint density at radius 1 is 1.53 bits per heavy atom. The molecule has 0 radical (unpaired) electrons. The van der Waals surface area contributed by atoms with E-state index in [1.54, 1.807) is 0 Å². The van der Waals surface area contributed by atoms with Gasteiger partial charge in [-0.25, -0.2) is 4.39 Å². The molecule has 1 atom stereocenters. The zero-order valence-electron chi connectivity index (χ0n) is 9.41. The Bertz CT molecular complexity index is 440. The van der Waals surface area contributed by atoms with Crippen LogP contribution in [-0.2, 0) is 6.42 Å². The lowest BCUT2D eigenvalue weighted by molar-refractivity contribution is -0.385. The Morgan fingerprint density at radius 2 is 2.12 bits per heavy atom. The molecule has 0 aliphatic carbocycles. The Morgan fingerprint density at radius 3 is 2.59 bits per heavy atom. The van der Waals surface area contributed by atoms with Crippen LogP contribution < -0.4 is 0 Å². The van der Waals surface area contributed by atoms with Crippen molar-refractivity contribution in [3.05, 3.63) is 38.1 Å². The lowest BCUT2D eigenvalue weighted by Gasteiger charge is -2.13. The van der Waals surface area contributed by atoms with Gasteiger partial charge in [-0.05, 0) is 34.3 Å². The molecule has 0 spiro atoms. The van der Waals surface area contributed by atoms with E-state index in [9.17, 15) is 14.5 Å². The van der Waals surface area contributed by atoms with E-state index in [-0.39, 0.29) is 27.9 Å². The second-order valence-corrected chi connectivity index (χ2v) is 5.53. The number of nitro groups is 1. The molecular weight excluding hydrogens is 312 g/mol. The van der Waals surface area contributed by atoms with Gasteiger partial charge >= 0.3 is 0 Å². The molecule has 17 heavy (non-hydrogen) atoms. The predicted octanol–water partition coefficient (Wildman–Crippen LogP) is 4.30. The Balaban J connectivity index is 3.13. The minimum atomic E-state index is -0.524. The first-order valence-corrected chi connectivity index (χ1v) is 6.32. The van der Waals surface area contributed by atoms with Crippen molar-refractivity contribution >= 4 is 33.2 Å². The molecule has 1 aromatic carbocycles. The number of nitro benzene ring substituents is 1. The number of alkyl halides is 1. The van der Waals surface area contributed by atoms with E-state index in [2.05, 4.69) is 15.9 Å². The number of halogens is 3. The van der Waals surface area contributed by atoms with Crippen LogP contribution in [0.25, 0.3) is 0 Å². The second kappa shape index (κ2) is 5.78. The molecule has 0 N–H and O–H groups in total. The van der Waals surface area contributed by atoms with Gasteiger partial charge in [-0.15, -0.1) is 11.6 Å². The van der Waals surface area contributed by atoms with Gasteiger partial charge in [0.25, 0.3) is 5.69 Å². The monoisotopic (exact) mass is 323 g/mol. The smallest absolute Gasteiger partial charge is 0.258 e. The van der Waals surface area contributed by atoms with Gasteiger partial charge in [0, 0.05) is 17.0 Å². The van der Waals surface area contributed by atoms with Gasteiger partial charge in [-0.1, -0.05) is 13.8 Å². The molecule has 0 saturated heterocycles. The van der Waals surface area contributed by atoms with Crippen molar-refractivity contribution in [3.8, 4) is 0 Å². The fourth-order valence-corrected chi connectivity index (χ4v) is 1.85.